The van der Waals surface area contributed by atoms with E-state index in [1.54, 1.807) is 0 Å². The van der Waals surface area contributed by atoms with Gasteiger partial charge in [0.15, 0.2) is 0 Å². The molecule has 1 fully saturated rings. The number of nitrogens with zero attached hydrogens (tertiary/aromatic N) is 1. The van der Waals surface area contributed by atoms with Crippen molar-refractivity contribution in [2.45, 2.75) is 64.5 Å². The lowest BCUT2D eigenvalue weighted by Gasteiger charge is -2.45. The third-order valence-electron chi connectivity index (χ3n) is 3.97. The van der Waals surface area contributed by atoms with E-state index in [2.05, 4.69) is 6.92 Å². The van der Waals surface area contributed by atoms with Crippen LogP contribution in [0.2, 0.25) is 0 Å². The minimum Gasteiger partial charge on any atom is -0.479 e. The number of carbonyl (C=O) groups excluding carboxylic acids is 1. The van der Waals surface area contributed by atoms with Crippen LogP contribution in [0.1, 0.15) is 52.9 Å². The maximum Gasteiger partial charge on any atom is 0.329 e. The van der Waals surface area contributed by atoms with E-state index in [0.717, 1.165) is 19.3 Å². The fourth-order valence-corrected chi connectivity index (χ4v) is 2.97. The van der Waals surface area contributed by atoms with E-state index < -0.39 is 11.5 Å². The molecule has 0 aromatic rings. The Hall–Kier alpha value is -1.06. The monoisotopic (exact) mass is 241 g/mol. The van der Waals surface area contributed by atoms with Gasteiger partial charge in [-0.2, -0.15) is 0 Å². The fraction of sp³-hybridized carbons (Fsp3) is 0.846. The summed E-state index contributed by atoms with van der Waals surface area (Å²) in [6.45, 7) is 5.83. The molecule has 17 heavy (non-hydrogen) atoms. The third-order valence-corrected chi connectivity index (χ3v) is 3.97. The predicted molar refractivity (Wildman–Crippen MR) is 65.7 cm³/mol. The molecule has 1 N–H and O–H groups in total. The van der Waals surface area contributed by atoms with E-state index in [1.807, 2.05) is 13.8 Å². The molecule has 0 radical (unpaired) electrons. The highest BCUT2D eigenvalue weighted by molar-refractivity contribution is 5.81. The van der Waals surface area contributed by atoms with Crippen molar-refractivity contribution in [3.63, 3.8) is 0 Å². The molecule has 0 saturated heterocycles. The van der Waals surface area contributed by atoms with Gasteiger partial charge in [-0.05, 0) is 32.6 Å². The predicted octanol–water partition coefficient (Wildman–Crippen LogP) is 2.28. The second-order valence-corrected chi connectivity index (χ2v) is 5.31. The number of amides is 1. The average molecular weight is 241 g/mol. The van der Waals surface area contributed by atoms with Crippen molar-refractivity contribution in [2.75, 3.05) is 0 Å². The van der Waals surface area contributed by atoms with Gasteiger partial charge >= 0.3 is 5.97 Å². The van der Waals surface area contributed by atoms with Crippen LogP contribution >= 0.6 is 0 Å². The van der Waals surface area contributed by atoms with E-state index in [1.165, 1.54) is 4.90 Å². The number of hydrogen-bond donors (Lipinski definition) is 1. The Labute approximate surface area is 103 Å². The Balaban J connectivity index is 3.03. The highest BCUT2D eigenvalue weighted by Crippen LogP contribution is 2.39. The molecule has 98 valence electrons. The van der Waals surface area contributed by atoms with Gasteiger partial charge in [0.1, 0.15) is 5.54 Å². The number of aliphatic carboxylic acids is 1. The minimum atomic E-state index is -0.977. The van der Waals surface area contributed by atoms with Crippen molar-refractivity contribution < 1.29 is 14.7 Å². The van der Waals surface area contributed by atoms with Crippen LogP contribution in [0.25, 0.3) is 0 Å². The van der Waals surface area contributed by atoms with Gasteiger partial charge in [-0.15, -0.1) is 0 Å². The van der Waals surface area contributed by atoms with Crippen LogP contribution in [0, 0.1) is 5.92 Å². The summed E-state index contributed by atoms with van der Waals surface area (Å²) in [5.74, 6) is -0.433. The summed E-state index contributed by atoms with van der Waals surface area (Å²) in [6.07, 6.45) is 4.83. The Bertz CT molecular complexity index is 290. The van der Waals surface area contributed by atoms with Crippen molar-refractivity contribution in [3.8, 4) is 0 Å². The third kappa shape index (κ3) is 2.61. The molecule has 2 atom stereocenters. The molecule has 1 aliphatic rings. The van der Waals surface area contributed by atoms with Gasteiger partial charge in [-0.3, -0.25) is 4.79 Å². The highest BCUT2D eigenvalue weighted by atomic mass is 16.4. The molecule has 0 aromatic heterocycles. The van der Waals surface area contributed by atoms with Crippen LogP contribution in [0.4, 0.5) is 0 Å². The zero-order valence-electron chi connectivity index (χ0n) is 11.0. The Morgan fingerprint density at radius 3 is 2.65 bits per heavy atom. The van der Waals surface area contributed by atoms with Gasteiger partial charge in [-0.1, -0.05) is 26.2 Å². The minimum absolute atomic E-state index is 0.0702. The second kappa shape index (κ2) is 5.52. The lowest BCUT2D eigenvalue weighted by atomic mass is 9.73. The molecule has 0 spiro atoms. The van der Waals surface area contributed by atoms with Crippen molar-refractivity contribution in [1.82, 2.24) is 4.90 Å². The molecule has 4 nitrogen and oxygen atoms in total. The van der Waals surface area contributed by atoms with Gasteiger partial charge in [0.25, 0.3) is 0 Å². The molecule has 0 aliphatic heterocycles. The SMILES string of the molecule is CCC1CCCC(C(=O)O)(N(C=O)C(C)C)C1. The molecular weight excluding hydrogens is 218 g/mol. The zero-order valence-corrected chi connectivity index (χ0v) is 11.0. The Morgan fingerprint density at radius 1 is 1.59 bits per heavy atom. The second-order valence-electron chi connectivity index (χ2n) is 5.31. The molecule has 1 saturated carbocycles. The molecule has 1 rings (SSSR count). The van der Waals surface area contributed by atoms with E-state index in [4.69, 9.17) is 0 Å². The largest absolute Gasteiger partial charge is 0.479 e. The zero-order chi connectivity index (χ0) is 13.1. The standard InChI is InChI=1S/C13H23NO3/c1-4-11-6-5-7-13(8-11,12(16)17)14(9-15)10(2)3/h9-11H,4-8H2,1-3H3,(H,16,17). The van der Waals surface area contributed by atoms with Crippen molar-refractivity contribution in [1.29, 1.82) is 0 Å². The lowest BCUT2D eigenvalue weighted by Crippen LogP contribution is -2.58. The van der Waals surface area contributed by atoms with Crippen LogP contribution in [-0.4, -0.2) is 34.0 Å². The maximum absolute atomic E-state index is 11.6. The summed E-state index contributed by atoms with van der Waals surface area (Å²) in [6, 6.07) is -0.0702. The first-order valence-electron chi connectivity index (χ1n) is 6.45. The molecule has 4 heteroatoms. The lowest BCUT2D eigenvalue weighted by molar-refractivity contribution is -0.161. The summed E-state index contributed by atoms with van der Waals surface area (Å²) in [7, 11) is 0. The van der Waals surface area contributed by atoms with Crippen LogP contribution in [-0.2, 0) is 9.59 Å². The maximum atomic E-state index is 11.6. The number of carbonyl (C=O) groups is 2. The van der Waals surface area contributed by atoms with Gasteiger partial charge in [0, 0.05) is 6.04 Å². The first-order chi connectivity index (χ1) is 7.97. The van der Waals surface area contributed by atoms with Crippen LogP contribution < -0.4 is 0 Å². The molecule has 1 aliphatic carbocycles. The first kappa shape index (κ1) is 14.0. The molecule has 2 unspecified atom stereocenters. The van der Waals surface area contributed by atoms with Gasteiger partial charge < -0.3 is 10.0 Å². The number of rotatable bonds is 5. The van der Waals surface area contributed by atoms with Crippen LogP contribution in [0.3, 0.4) is 0 Å². The van der Waals surface area contributed by atoms with E-state index in [9.17, 15) is 14.7 Å². The summed E-state index contributed by atoms with van der Waals surface area (Å²) in [5.41, 5.74) is -0.977. The molecular formula is C13H23NO3. The fourth-order valence-electron chi connectivity index (χ4n) is 2.97. The quantitative estimate of drug-likeness (QED) is 0.751. The summed E-state index contributed by atoms with van der Waals surface area (Å²) >= 11 is 0. The Morgan fingerprint density at radius 2 is 2.24 bits per heavy atom. The van der Waals surface area contributed by atoms with Gasteiger partial charge in [0.2, 0.25) is 6.41 Å². The first-order valence-corrected chi connectivity index (χ1v) is 6.45. The highest BCUT2D eigenvalue weighted by Gasteiger charge is 2.47. The summed E-state index contributed by atoms with van der Waals surface area (Å²) in [4.78, 5) is 24.4. The van der Waals surface area contributed by atoms with E-state index in [0.29, 0.717) is 25.2 Å². The number of hydrogen-bond acceptors (Lipinski definition) is 2. The average Bonchev–Trinajstić information content (AvgIpc) is 2.29. The van der Waals surface area contributed by atoms with Crippen molar-refractivity contribution in [3.05, 3.63) is 0 Å². The van der Waals surface area contributed by atoms with Crippen molar-refractivity contribution >= 4 is 12.4 Å². The molecule has 1 amide bonds. The van der Waals surface area contributed by atoms with Gasteiger partial charge in [0.05, 0.1) is 0 Å². The molecule has 0 heterocycles. The van der Waals surface area contributed by atoms with Crippen LogP contribution in [0.5, 0.6) is 0 Å². The molecule has 0 aromatic carbocycles. The van der Waals surface area contributed by atoms with E-state index in [-0.39, 0.29) is 6.04 Å². The van der Waals surface area contributed by atoms with Crippen molar-refractivity contribution in [2.24, 2.45) is 5.92 Å². The topological polar surface area (TPSA) is 57.6 Å². The normalized spacial score (nSPS) is 29.1. The Kier molecular flexibility index (Phi) is 4.54. The summed E-state index contributed by atoms with van der Waals surface area (Å²) in [5, 5.41) is 9.55. The van der Waals surface area contributed by atoms with E-state index >= 15 is 0 Å². The number of carboxylic acid groups (broad SMARTS) is 1. The summed E-state index contributed by atoms with van der Waals surface area (Å²) < 4.78 is 0. The molecule has 0 bridgehead atoms. The van der Waals surface area contributed by atoms with Gasteiger partial charge in [-0.25, -0.2) is 4.79 Å². The van der Waals surface area contributed by atoms with Crippen LogP contribution in [0.15, 0.2) is 0 Å². The smallest absolute Gasteiger partial charge is 0.329 e. The number of carboxylic acids is 1.